The number of aryl methyl sites for hydroxylation is 1. The molecule has 2 aromatic rings. The summed E-state index contributed by atoms with van der Waals surface area (Å²) in [6.45, 7) is 0.970. The molecule has 2 aromatic carbocycles. The minimum atomic E-state index is -5.83. The van der Waals surface area contributed by atoms with Gasteiger partial charge < -0.3 is 14.4 Å². The SMILES string of the molecule is Cc1ccc(S(=O)(=O)N2CC(O)C(c3ccc(OS(=O)(=O)C(F)(F)F)cc3)C(CO)C2)cc1. The molecule has 1 fully saturated rings. The zero-order valence-corrected chi connectivity index (χ0v) is 18.9. The summed E-state index contributed by atoms with van der Waals surface area (Å²) in [6, 6.07) is 10.7. The van der Waals surface area contributed by atoms with Crippen molar-refractivity contribution in [3.63, 3.8) is 0 Å². The van der Waals surface area contributed by atoms with Gasteiger partial charge in [0.1, 0.15) is 5.75 Å². The van der Waals surface area contributed by atoms with E-state index in [1.54, 1.807) is 12.1 Å². The minimum Gasteiger partial charge on any atom is -0.396 e. The molecule has 8 nitrogen and oxygen atoms in total. The maximum absolute atomic E-state index is 13.0. The fraction of sp³-hybridized carbons (Fsp3) is 0.400. The molecule has 1 saturated heterocycles. The van der Waals surface area contributed by atoms with Crippen LogP contribution in [0.2, 0.25) is 0 Å². The van der Waals surface area contributed by atoms with Gasteiger partial charge in [-0.15, -0.1) is 0 Å². The van der Waals surface area contributed by atoms with Crippen LogP contribution in [0.1, 0.15) is 17.0 Å². The number of nitrogens with zero attached hydrogens (tertiary/aromatic N) is 1. The highest BCUT2D eigenvalue weighted by atomic mass is 32.2. The summed E-state index contributed by atoms with van der Waals surface area (Å²) in [4.78, 5) is 0.0443. The van der Waals surface area contributed by atoms with Crippen LogP contribution >= 0.6 is 0 Å². The monoisotopic (exact) mass is 509 g/mol. The van der Waals surface area contributed by atoms with E-state index in [-0.39, 0.29) is 18.0 Å². The lowest BCUT2D eigenvalue weighted by atomic mass is 9.79. The van der Waals surface area contributed by atoms with E-state index >= 15 is 0 Å². The van der Waals surface area contributed by atoms with Crippen molar-refractivity contribution in [1.82, 2.24) is 4.31 Å². The molecule has 182 valence electrons. The van der Waals surface area contributed by atoms with Crippen molar-refractivity contribution in [3.05, 3.63) is 59.7 Å². The Morgan fingerprint density at radius 1 is 1.00 bits per heavy atom. The Hall–Kier alpha value is -2.19. The number of hydrogen-bond acceptors (Lipinski definition) is 7. The predicted molar refractivity (Wildman–Crippen MR) is 111 cm³/mol. The number of rotatable bonds is 6. The molecule has 1 heterocycles. The van der Waals surface area contributed by atoms with Gasteiger partial charge in [-0.05, 0) is 36.8 Å². The molecule has 1 aliphatic rings. The normalized spacial score (nSPS) is 22.8. The van der Waals surface area contributed by atoms with Crippen LogP contribution in [-0.2, 0) is 20.1 Å². The Labute approximate surface area is 189 Å². The summed E-state index contributed by atoms with van der Waals surface area (Å²) in [5.74, 6) is -2.04. The van der Waals surface area contributed by atoms with Crippen LogP contribution in [0.5, 0.6) is 5.75 Å². The van der Waals surface area contributed by atoms with Gasteiger partial charge in [-0.25, -0.2) is 8.42 Å². The number of β-amino-alcohol motifs (C(OH)–C–C–N with tert-alkyl or cyclic N) is 1. The van der Waals surface area contributed by atoms with Gasteiger partial charge in [-0.2, -0.15) is 25.9 Å². The molecule has 0 amide bonds. The number of aliphatic hydroxyl groups is 2. The molecule has 0 saturated carbocycles. The van der Waals surface area contributed by atoms with E-state index in [2.05, 4.69) is 4.18 Å². The number of alkyl halides is 3. The van der Waals surface area contributed by atoms with Crippen molar-refractivity contribution in [1.29, 1.82) is 0 Å². The first-order valence-electron chi connectivity index (χ1n) is 9.72. The van der Waals surface area contributed by atoms with Gasteiger partial charge in [0, 0.05) is 31.5 Å². The van der Waals surface area contributed by atoms with Gasteiger partial charge in [-0.1, -0.05) is 29.8 Å². The Morgan fingerprint density at radius 3 is 2.09 bits per heavy atom. The topological polar surface area (TPSA) is 121 Å². The number of halogens is 3. The molecule has 0 radical (unpaired) electrons. The summed E-state index contributed by atoms with van der Waals surface area (Å²) in [7, 11) is -9.76. The highest BCUT2D eigenvalue weighted by Gasteiger charge is 2.48. The van der Waals surface area contributed by atoms with E-state index in [4.69, 9.17) is 0 Å². The Balaban J connectivity index is 1.81. The fourth-order valence-corrected chi connectivity index (χ4v) is 5.70. The van der Waals surface area contributed by atoms with Crippen LogP contribution in [-0.4, -0.2) is 62.7 Å². The van der Waals surface area contributed by atoms with E-state index in [9.17, 15) is 40.2 Å². The predicted octanol–water partition coefficient (Wildman–Crippen LogP) is 1.98. The van der Waals surface area contributed by atoms with E-state index in [1.165, 1.54) is 24.3 Å². The van der Waals surface area contributed by atoms with Gasteiger partial charge in [-0.3, -0.25) is 0 Å². The first-order valence-corrected chi connectivity index (χ1v) is 12.6. The number of sulfonamides is 1. The molecular formula is C20H22F3NO7S2. The Bertz CT molecular complexity index is 1180. The standard InChI is InChI=1S/C20H22F3NO7S2/c1-13-2-8-17(9-3-13)32(27,28)24-10-15(12-25)19(18(26)11-24)14-4-6-16(7-5-14)31-33(29,30)20(21,22)23/h2-9,15,18-19,25-26H,10-12H2,1H3. The summed E-state index contributed by atoms with van der Waals surface area (Å²) < 4.78 is 90.8. The Kier molecular flexibility index (Phi) is 7.10. The van der Waals surface area contributed by atoms with Crippen molar-refractivity contribution in [2.75, 3.05) is 19.7 Å². The minimum absolute atomic E-state index is 0.0443. The molecule has 0 bridgehead atoms. The molecule has 3 unspecified atom stereocenters. The number of aliphatic hydroxyl groups excluding tert-OH is 2. The summed E-state index contributed by atoms with van der Waals surface area (Å²) in [6.07, 6.45) is -1.23. The van der Waals surface area contributed by atoms with E-state index in [0.717, 1.165) is 22.0 Å². The van der Waals surface area contributed by atoms with Crippen molar-refractivity contribution in [2.45, 2.75) is 29.3 Å². The lowest BCUT2D eigenvalue weighted by Crippen LogP contribution is -2.51. The van der Waals surface area contributed by atoms with Gasteiger partial charge in [0.15, 0.2) is 0 Å². The molecule has 33 heavy (non-hydrogen) atoms. The third-order valence-corrected chi connectivity index (χ3v) is 8.22. The number of benzene rings is 2. The summed E-state index contributed by atoms with van der Waals surface area (Å²) >= 11 is 0. The zero-order chi connectivity index (χ0) is 24.6. The molecule has 3 rings (SSSR count). The third-order valence-electron chi connectivity index (χ3n) is 5.40. The average Bonchev–Trinajstić information content (AvgIpc) is 2.73. The van der Waals surface area contributed by atoms with E-state index < -0.39 is 55.9 Å². The second-order valence-corrected chi connectivity index (χ2v) is 11.2. The first-order chi connectivity index (χ1) is 15.3. The van der Waals surface area contributed by atoms with Gasteiger partial charge >= 0.3 is 15.6 Å². The second-order valence-electron chi connectivity index (χ2n) is 7.72. The van der Waals surface area contributed by atoms with E-state index in [1.807, 2.05) is 6.92 Å². The largest absolute Gasteiger partial charge is 0.534 e. The van der Waals surface area contributed by atoms with Crippen LogP contribution in [0.4, 0.5) is 13.2 Å². The van der Waals surface area contributed by atoms with Crippen molar-refractivity contribution in [2.24, 2.45) is 5.92 Å². The lowest BCUT2D eigenvalue weighted by Gasteiger charge is -2.40. The van der Waals surface area contributed by atoms with Crippen molar-refractivity contribution >= 4 is 20.1 Å². The van der Waals surface area contributed by atoms with Crippen molar-refractivity contribution < 1.29 is 44.4 Å². The maximum atomic E-state index is 13.0. The molecule has 13 heteroatoms. The number of hydrogen-bond donors (Lipinski definition) is 2. The molecular weight excluding hydrogens is 487 g/mol. The smallest absolute Gasteiger partial charge is 0.396 e. The van der Waals surface area contributed by atoms with E-state index in [0.29, 0.717) is 5.56 Å². The molecule has 0 aliphatic carbocycles. The van der Waals surface area contributed by atoms with Gasteiger partial charge in [0.2, 0.25) is 10.0 Å². The zero-order valence-electron chi connectivity index (χ0n) is 17.3. The van der Waals surface area contributed by atoms with Gasteiger partial charge in [0.25, 0.3) is 0 Å². The van der Waals surface area contributed by atoms with Crippen LogP contribution in [0, 0.1) is 12.8 Å². The Morgan fingerprint density at radius 2 is 1.58 bits per heavy atom. The van der Waals surface area contributed by atoms with Crippen LogP contribution in [0.25, 0.3) is 0 Å². The highest BCUT2D eigenvalue weighted by molar-refractivity contribution is 7.89. The summed E-state index contributed by atoms with van der Waals surface area (Å²) in [5, 5.41) is 20.6. The second kappa shape index (κ2) is 9.22. The lowest BCUT2D eigenvalue weighted by molar-refractivity contribution is -0.0500. The van der Waals surface area contributed by atoms with Crippen molar-refractivity contribution in [3.8, 4) is 5.75 Å². The van der Waals surface area contributed by atoms with Crippen LogP contribution in [0.15, 0.2) is 53.4 Å². The maximum Gasteiger partial charge on any atom is 0.534 e. The highest BCUT2D eigenvalue weighted by Crippen LogP contribution is 2.36. The molecule has 3 atom stereocenters. The van der Waals surface area contributed by atoms with Crippen LogP contribution < -0.4 is 4.18 Å². The van der Waals surface area contributed by atoms with Gasteiger partial charge in [0.05, 0.1) is 11.0 Å². The van der Waals surface area contributed by atoms with Crippen LogP contribution in [0.3, 0.4) is 0 Å². The molecule has 0 aromatic heterocycles. The third kappa shape index (κ3) is 5.32. The first kappa shape index (κ1) is 25.4. The quantitative estimate of drug-likeness (QED) is 0.451. The molecule has 2 N–H and O–H groups in total. The molecule has 0 spiro atoms. The number of piperidine rings is 1. The average molecular weight is 510 g/mol. The fourth-order valence-electron chi connectivity index (χ4n) is 3.73. The summed E-state index contributed by atoms with van der Waals surface area (Å²) in [5.41, 5.74) is -4.33. The molecule has 1 aliphatic heterocycles.